The molecular weight excluding hydrogens is 484 g/mol. The highest BCUT2D eigenvalue weighted by Gasteiger charge is 2.21. The molecule has 1 saturated heterocycles. The van der Waals surface area contributed by atoms with Crippen molar-refractivity contribution in [2.45, 2.75) is 52.0 Å². The standard InChI is InChI=1S/C32H36N6O/c1-22(2)38-18-5-4-7-27(21-38)24-11-13-28(14-12-24)35-31(39)25-10-9-23(3)30(19-25)37-32-34-17-15-29(36-32)26-8-6-16-33-20-26/h6,8-17,19-20,22,27H,4-5,7,18,21H2,1-3H3,(H,35,39)(H,34,36,37). The number of carbonyl (C=O) groups excluding carboxylic acids is 1. The lowest BCUT2D eigenvalue weighted by atomic mass is 9.94. The topological polar surface area (TPSA) is 83.0 Å². The van der Waals surface area contributed by atoms with Crippen molar-refractivity contribution in [2.24, 2.45) is 0 Å². The van der Waals surface area contributed by atoms with Crippen LogP contribution in [0, 0.1) is 6.92 Å². The van der Waals surface area contributed by atoms with Crippen LogP contribution in [0.1, 0.15) is 60.5 Å². The van der Waals surface area contributed by atoms with Crippen LogP contribution in [0.4, 0.5) is 17.3 Å². The Kier molecular flexibility index (Phi) is 8.27. The second kappa shape index (κ2) is 12.2. The van der Waals surface area contributed by atoms with E-state index in [-0.39, 0.29) is 5.91 Å². The van der Waals surface area contributed by atoms with Crippen molar-refractivity contribution in [1.82, 2.24) is 19.9 Å². The Morgan fingerprint density at radius 3 is 2.64 bits per heavy atom. The van der Waals surface area contributed by atoms with Crippen LogP contribution < -0.4 is 10.6 Å². The molecule has 4 aromatic rings. The molecule has 1 aliphatic heterocycles. The zero-order chi connectivity index (χ0) is 27.2. The van der Waals surface area contributed by atoms with Crippen LogP contribution in [0.5, 0.6) is 0 Å². The third-order valence-corrected chi connectivity index (χ3v) is 7.43. The Morgan fingerprint density at radius 1 is 1.03 bits per heavy atom. The van der Waals surface area contributed by atoms with Crippen LogP contribution in [-0.4, -0.2) is 44.9 Å². The lowest BCUT2D eigenvalue weighted by Gasteiger charge is -2.28. The van der Waals surface area contributed by atoms with Crippen molar-refractivity contribution in [3.05, 3.63) is 95.9 Å². The van der Waals surface area contributed by atoms with Crippen molar-refractivity contribution in [2.75, 3.05) is 23.7 Å². The summed E-state index contributed by atoms with van der Waals surface area (Å²) in [5.41, 5.74) is 6.16. The Morgan fingerprint density at radius 2 is 1.87 bits per heavy atom. The molecule has 2 N–H and O–H groups in total. The van der Waals surface area contributed by atoms with Gasteiger partial charge < -0.3 is 15.5 Å². The summed E-state index contributed by atoms with van der Waals surface area (Å²) in [6.45, 7) is 8.82. The predicted octanol–water partition coefficient (Wildman–Crippen LogP) is 6.82. The highest BCUT2D eigenvalue weighted by atomic mass is 16.1. The van der Waals surface area contributed by atoms with E-state index in [0.717, 1.165) is 34.7 Å². The molecule has 200 valence electrons. The average molecular weight is 521 g/mol. The van der Waals surface area contributed by atoms with Gasteiger partial charge in [-0.25, -0.2) is 9.97 Å². The van der Waals surface area contributed by atoms with E-state index in [9.17, 15) is 4.79 Å². The number of hydrogen-bond acceptors (Lipinski definition) is 6. The van der Waals surface area contributed by atoms with Gasteiger partial charge in [0.2, 0.25) is 5.95 Å². The number of aryl methyl sites for hydroxylation is 1. The number of hydrogen-bond donors (Lipinski definition) is 2. The van der Waals surface area contributed by atoms with Gasteiger partial charge in [-0.05, 0) is 99.7 Å². The zero-order valence-electron chi connectivity index (χ0n) is 22.9. The van der Waals surface area contributed by atoms with Crippen LogP contribution in [0.25, 0.3) is 11.3 Å². The van der Waals surface area contributed by atoms with E-state index in [1.54, 1.807) is 18.6 Å². The van der Waals surface area contributed by atoms with Crippen LogP contribution >= 0.6 is 0 Å². The number of aromatic nitrogens is 3. The Balaban J connectivity index is 1.26. The van der Waals surface area contributed by atoms with Crippen molar-refractivity contribution >= 4 is 23.2 Å². The van der Waals surface area contributed by atoms with E-state index < -0.39 is 0 Å². The van der Waals surface area contributed by atoms with Crippen molar-refractivity contribution in [3.63, 3.8) is 0 Å². The predicted molar refractivity (Wildman–Crippen MR) is 157 cm³/mol. The summed E-state index contributed by atoms with van der Waals surface area (Å²) >= 11 is 0. The minimum atomic E-state index is -0.156. The molecule has 0 bridgehead atoms. The Bertz CT molecular complexity index is 1400. The van der Waals surface area contributed by atoms with Crippen LogP contribution in [-0.2, 0) is 0 Å². The van der Waals surface area contributed by atoms with Gasteiger partial charge in [0.15, 0.2) is 0 Å². The van der Waals surface area contributed by atoms with E-state index in [0.29, 0.717) is 23.5 Å². The summed E-state index contributed by atoms with van der Waals surface area (Å²) in [5, 5.41) is 6.33. The normalized spacial score (nSPS) is 16.1. The fourth-order valence-electron chi connectivity index (χ4n) is 5.07. The summed E-state index contributed by atoms with van der Waals surface area (Å²) < 4.78 is 0. The molecule has 0 spiro atoms. The molecule has 1 aliphatic rings. The lowest BCUT2D eigenvalue weighted by molar-refractivity contribution is 0.102. The number of pyridine rings is 1. The summed E-state index contributed by atoms with van der Waals surface area (Å²) in [6, 6.07) is 20.2. The van der Waals surface area contributed by atoms with E-state index in [2.05, 4.69) is 56.5 Å². The summed E-state index contributed by atoms with van der Waals surface area (Å²) in [6.07, 6.45) is 8.95. The van der Waals surface area contributed by atoms with Gasteiger partial charge in [-0.1, -0.05) is 24.6 Å². The van der Waals surface area contributed by atoms with Gasteiger partial charge in [0, 0.05) is 53.7 Å². The Hall–Kier alpha value is -4.10. The number of nitrogens with zero attached hydrogens (tertiary/aromatic N) is 4. The Labute approximate surface area is 230 Å². The van der Waals surface area contributed by atoms with Crippen molar-refractivity contribution < 1.29 is 4.79 Å². The first-order chi connectivity index (χ1) is 19.0. The molecule has 5 rings (SSSR count). The van der Waals surface area contributed by atoms with E-state index in [1.807, 2.05) is 55.5 Å². The second-order valence-corrected chi connectivity index (χ2v) is 10.5. The number of amides is 1. The average Bonchev–Trinajstić information content (AvgIpc) is 3.22. The quantitative estimate of drug-likeness (QED) is 0.278. The van der Waals surface area contributed by atoms with E-state index in [4.69, 9.17) is 0 Å². The molecule has 2 aromatic heterocycles. The third-order valence-electron chi connectivity index (χ3n) is 7.43. The maximum Gasteiger partial charge on any atom is 0.255 e. The largest absolute Gasteiger partial charge is 0.324 e. The van der Waals surface area contributed by atoms with Gasteiger partial charge in [0.05, 0.1) is 5.69 Å². The first-order valence-corrected chi connectivity index (χ1v) is 13.7. The molecule has 0 aliphatic carbocycles. The van der Waals surface area contributed by atoms with Crippen LogP contribution in [0.2, 0.25) is 0 Å². The van der Waals surface area contributed by atoms with Gasteiger partial charge >= 0.3 is 0 Å². The van der Waals surface area contributed by atoms with Crippen LogP contribution in [0.15, 0.2) is 79.3 Å². The molecule has 7 heteroatoms. The molecule has 0 radical (unpaired) electrons. The van der Waals surface area contributed by atoms with E-state index >= 15 is 0 Å². The molecule has 1 fully saturated rings. The molecular formula is C32H36N6O. The number of nitrogens with one attached hydrogen (secondary N) is 2. The highest BCUT2D eigenvalue weighted by molar-refractivity contribution is 6.05. The number of likely N-dealkylation sites (tertiary alicyclic amines) is 1. The summed E-state index contributed by atoms with van der Waals surface area (Å²) in [7, 11) is 0. The van der Waals surface area contributed by atoms with Gasteiger partial charge in [0.1, 0.15) is 0 Å². The highest BCUT2D eigenvalue weighted by Crippen LogP contribution is 2.29. The van der Waals surface area contributed by atoms with Gasteiger partial charge in [-0.15, -0.1) is 0 Å². The van der Waals surface area contributed by atoms with Crippen molar-refractivity contribution in [1.29, 1.82) is 0 Å². The SMILES string of the molecule is Cc1ccc(C(=O)Nc2ccc(C3CCCCN(C(C)C)C3)cc2)cc1Nc1nccc(-c2cccnc2)n1. The monoisotopic (exact) mass is 520 g/mol. The fourth-order valence-corrected chi connectivity index (χ4v) is 5.07. The molecule has 7 nitrogen and oxygen atoms in total. The first kappa shape index (κ1) is 26.5. The zero-order valence-corrected chi connectivity index (χ0v) is 22.9. The number of anilines is 3. The maximum absolute atomic E-state index is 13.1. The molecule has 0 saturated carbocycles. The maximum atomic E-state index is 13.1. The minimum Gasteiger partial charge on any atom is -0.324 e. The molecule has 1 amide bonds. The fraction of sp³-hybridized carbons (Fsp3) is 0.312. The number of rotatable bonds is 7. The van der Waals surface area contributed by atoms with E-state index in [1.165, 1.54) is 31.4 Å². The third kappa shape index (κ3) is 6.67. The molecule has 1 atom stereocenters. The lowest BCUT2D eigenvalue weighted by Crippen LogP contribution is -2.33. The number of benzene rings is 2. The molecule has 39 heavy (non-hydrogen) atoms. The van der Waals surface area contributed by atoms with Gasteiger partial charge in [0.25, 0.3) is 5.91 Å². The molecule has 2 aromatic carbocycles. The van der Waals surface area contributed by atoms with Gasteiger partial charge in [-0.3, -0.25) is 9.78 Å². The molecule has 3 heterocycles. The van der Waals surface area contributed by atoms with Crippen molar-refractivity contribution in [3.8, 4) is 11.3 Å². The summed E-state index contributed by atoms with van der Waals surface area (Å²) in [5.74, 6) is 0.836. The summed E-state index contributed by atoms with van der Waals surface area (Å²) in [4.78, 5) is 28.9. The first-order valence-electron chi connectivity index (χ1n) is 13.7. The number of carbonyl (C=O) groups is 1. The minimum absolute atomic E-state index is 0.156. The second-order valence-electron chi connectivity index (χ2n) is 10.5. The smallest absolute Gasteiger partial charge is 0.255 e. The van der Waals surface area contributed by atoms with Gasteiger partial charge in [-0.2, -0.15) is 0 Å². The van der Waals surface area contributed by atoms with Crippen LogP contribution in [0.3, 0.4) is 0 Å². The molecule has 1 unspecified atom stereocenters.